The lowest BCUT2D eigenvalue weighted by Gasteiger charge is -2.35. The highest BCUT2D eigenvalue weighted by Gasteiger charge is 2.67. The Balaban J connectivity index is 1.28. The molecule has 7 atom stereocenters. The molecule has 2 aromatic rings. The number of ether oxygens (including phenoxy) is 3. The van der Waals surface area contributed by atoms with Crippen LogP contribution in [0.5, 0.6) is 11.6 Å². The average molecular weight is 915 g/mol. The molecule has 3 saturated carbocycles. The minimum Gasteiger partial charge on any atom is -0.471 e. The predicted molar refractivity (Wildman–Crippen MR) is 210 cm³/mol. The van der Waals surface area contributed by atoms with E-state index in [0.717, 1.165) is 28.7 Å². The molecule has 4 amide bonds. The normalized spacial score (nSPS) is 29.1. The van der Waals surface area contributed by atoms with Crippen LogP contribution < -0.4 is 24.8 Å². The molecule has 1 aromatic carbocycles. The number of alkyl halides is 6. The molecule has 63 heavy (non-hydrogen) atoms. The smallest absolute Gasteiger partial charge is 0.408 e. The van der Waals surface area contributed by atoms with Crippen LogP contribution in [0.25, 0.3) is 11.0 Å². The number of carbonyl (C=O) groups is 4. The summed E-state index contributed by atoms with van der Waals surface area (Å²) in [6.07, 6.45) is -6.36. The van der Waals surface area contributed by atoms with E-state index < -0.39 is 143 Å². The minimum absolute atomic E-state index is 0.0515. The molecule has 1 saturated heterocycles. The molecule has 7 rings (SSSR count). The molecule has 1 aromatic heterocycles. The second-order valence-electron chi connectivity index (χ2n) is 17.9. The zero-order chi connectivity index (χ0) is 45.8. The van der Waals surface area contributed by atoms with Crippen molar-refractivity contribution in [3.8, 4) is 11.6 Å². The fourth-order valence-electron chi connectivity index (χ4n) is 8.65. The molecule has 2 aliphatic heterocycles. The Morgan fingerprint density at radius 1 is 1.05 bits per heavy atom. The zero-order valence-corrected chi connectivity index (χ0v) is 35.4. The number of hydrogen-bond acceptors (Lipinski definition) is 11. The number of benzene rings is 1. The van der Waals surface area contributed by atoms with Crippen LogP contribution >= 0.6 is 0 Å². The zero-order valence-electron chi connectivity index (χ0n) is 34.6. The third-order valence-electron chi connectivity index (χ3n) is 12.3. The summed E-state index contributed by atoms with van der Waals surface area (Å²) in [5.74, 6) is -10.5. The van der Waals surface area contributed by atoms with Gasteiger partial charge in [0, 0.05) is 24.8 Å². The molecule has 22 heteroatoms. The first-order valence-electron chi connectivity index (χ1n) is 20.7. The quantitative estimate of drug-likeness (QED) is 0.220. The molecule has 5 aliphatic rings. The van der Waals surface area contributed by atoms with Gasteiger partial charge < -0.3 is 29.7 Å². The SMILES string of the molecule is C=C=C1CCC2OC(=O)NC(C(C)(C)C)C(=O)N3CC(CC3C(=O)NC3(C(=O)NS(=O)(=O)C4CC4)CC3C(F)F)Oc3nc4cc(OC(F)F)ccc4nc3C(F)(F)CCCCC12. The number of nitrogens with zero attached hydrogens (tertiary/aromatic N) is 3. The molecule has 2 bridgehead atoms. The van der Waals surface area contributed by atoms with Crippen LogP contribution in [-0.2, 0) is 35.1 Å². The summed E-state index contributed by atoms with van der Waals surface area (Å²) in [6, 6.07) is 0.179. The molecular formula is C41H48F6N6O9S. The van der Waals surface area contributed by atoms with Crippen LogP contribution in [0.3, 0.4) is 0 Å². The van der Waals surface area contributed by atoms with Crippen molar-refractivity contribution < 1.29 is 68.1 Å². The van der Waals surface area contributed by atoms with Crippen molar-refractivity contribution in [2.24, 2.45) is 17.3 Å². The fraction of sp³-hybridized carbons (Fsp3) is 0.634. The Hall–Kier alpha value is -5.11. The van der Waals surface area contributed by atoms with Crippen molar-refractivity contribution in [1.29, 1.82) is 0 Å². The van der Waals surface area contributed by atoms with Crippen LogP contribution in [0.15, 0.2) is 36.1 Å². The molecule has 7 unspecified atom stereocenters. The first-order valence-corrected chi connectivity index (χ1v) is 22.2. The maximum atomic E-state index is 16.4. The highest BCUT2D eigenvalue weighted by atomic mass is 32.2. The van der Waals surface area contributed by atoms with Gasteiger partial charge in [0.15, 0.2) is 5.69 Å². The van der Waals surface area contributed by atoms with Crippen LogP contribution in [0.2, 0.25) is 0 Å². The molecule has 344 valence electrons. The Kier molecular flexibility index (Phi) is 12.5. The van der Waals surface area contributed by atoms with Crippen molar-refractivity contribution in [1.82, 2.24) is 30.2 Å². The van der Waals surface area contributed by atoms with Crippen molar-refractivity contribution in [2.45, 2.75) is 139 Å². The van der Waals surface area contributed by atoms with Gasteiger partial charge in [-0.15, -0.1) is 5.73 Å². The van der Waals surface area contributed by atoms with Gasteiger partial charge in [0.2, 0.25) is 34.1 Å². The van der Waals surface area contributed by atoms with Crippen LogP contribution in [0.4, 0.5) is 31.1 Å². The third kappa shape index (κ3) is 9.71. The van der Waals surface area contributed by atoms with Gasteiger partial charge in [-0.2, -0.15) is 17.6 Å². The lowest BCUT2D eigenvalue weighted by molar-refractivity contribution is -0.143. The van der Waals surface area contributed by atoms with E-state index >= 15 is 8.78 Å². The van der Waals surface area contributed by atoms with Crippen LogP contribution in [-0.4, -0.2) is 102 Å². The summed E-state index contributed by atoms with van der Waals surface area (Å²) in [5.41, 5.74) is -1.12. The standard InChI is InChI=1S/C41H48F6N6O9S/c1-5-20-9-14-29-24(20)8-6-7-15-41(46,47)30-34(49-27-16-21(61-37(44)45)10-13-26(27)48-30)60-22-17-28(53(19-22)35(55)31(39(2,3)4)50-38(57)62-29)33(54)51-40(18-25(40)32(42)43)36(56)52-63(58,59)23-11-12-23/h10,13,16,22-25,28-29,31-32,37H,1,6-9,11-12,14-15,17-19H2,2-4H3,(H,50,57)(H,51,54)(H,52,56). The van der Waals surface area contributed by atoms with Gasteiger partial charge >= 0.3 is 12.7 Å². The van der Waals surface area contributed by atoms with E-state index in [9.17, 15) is 45.2 Å². The number of rotatable bonds is 8. The van der Waals surface area contributed by atoms with Gasteiger partial charge in [-0.3, -0.25) is 19.1 Å². The van der Waals surface area contributed by atoms with E-state index in [1.165, 1.54) is 0 Å². The first kappa shape index (κ1) is 45.9. The lowest BCUT2D eigenvalue weighted by Crippen LogP contribution is -2.60. The topological polar surface area (TPSA) is 195 Å². The highest BCUT2D eigenvalue weighted by molar-refractivity contribution is 7.91. The molecule has 4 fully saturated rings. The largest absolute Gasteiger partial charge is 0.471 e. The van der Waals surface area contributed by atoms with E-state index in [2.05, 4.69) is 37.6 Å². The van der Waals surface area contributed by atoms with Gasteiger partial charge in [0.1, 0.15) is 35.6 Å². The van der Waals surface area contributed by atoms with Gasteiger partial charge in [-0.1, -0.05) is 33.8 Å². The average Bonchev–Trinajstić information content (AvgIpc) is 4.10. The summed E-state index contributed by atoms with van der Waals surface area (Å²) in [4.78, 5) is 65.5. The molecule has 15 nitrogen and oxygen atoms in total. The van der Waals surface area contributed by atoms with E-state index in [-0.39, 0.29) is 42.5 Å². The molecule has 0 spiro atoms. The second kappa shape index (κ2) is 17.1. The van der Waals surface area contributed by atoms with Crippen LogP contribution in [0.1, 0.15) is 90.7 Å². The van der Waals surface area contributed by atoms with E-state index in [1.807, 2.05) is 4.72 Å². The van der Waals surface area contributed by atoms with Crippen LogP contribution in [0, 0.1) is 17.3 Å². The Bertz CT molecular complexity index is 2320. The number of hydrogen-bond donors (Lipinski definition) is 3. The van der Waals surface area contributed by atoms with Gasteiger partial charge in [0.05, 0.1) is 28.7 Å². The summed E-state index contributed by atoms with van der Waals surface area (Å²) in [5, 5.41) is 3.99. The lowest BCUT2D eigenvalue weighted by atomic mass is 9.85. The monoisotopic (exact) mass is 914 g/mol. The van der Waals surface area contributed by atoms with E-state index in [4.69, 9.17) is 9.47 Å². The van der Waals surface area contributed by atoms with Gasteiger partial charge in [0.25, 0.3) is 11.8 Å². The van der Waals surface area contributed by atoms with Gasteiger partial charge in [-0.25, -0.2) is 32.0 Å². The molecule has 0 radical (unpaired) electrons. The number of nitrogens with one attached hydrogen (secondary N) is 3. The minimum atomic E-state index is -4.26. The Morgan fingerprint density at radius 2 is 1.78 bits per heavy atom. The molecule has 3 heterocycles. The summed E-state index contributed by atoms with van der Waals surface area (Å²) >= 11 is 0. The number of alkyl carbamates (subject to hydrolysis) is 1. The fourth-order valence-corrected chi connectivity index (χ4v) is 10.0. The maximum absolute atomic E-state index is 16.4. The highest BCUT2D eigenvalue weighted by Crippen LogP contribution is 2.49. The van der Waals surface area contributed by atoms with Crippen molar-refractivity contribution in [2.75, 3.05) is 6.54 Å². The number of halogens is 6. The third-order valence-corrected chi connectivity index (χ3v) is 14.1. The molecule has 3 N–H and O–H groups in total. The molecular weight excluding hydrogens is 867 g/mol. The molecule has 3 aliphatic carbocycles. The number of carbonyl (C=O) groups excluding carboxylic acids is 4. The summed E-state index contributed by atoms with van der Waals surface area (Å²) in [6.45, 7) is 4.79. The van der Waals surface area contributed by atoms with E-state index in [1.54, 1.807) is 20.8 Å². The Labute approximate surface area is 358 Å². The van der Waals surface area contributed by atoms with Crippen molar-refractivity contribution in [3.05, 3.63) is 41.8 Å². The van der Waals surface area contributed by atoms with Crippen molar-refractivity contribution in [3.63, 3.8) is 0 Å². The first-order chi connectivity index (χ1) is 29.5. The summed E-state index contributed by atoms with van der Waals surface area (Å²) in [7, 11) is -4.26. The number of fused-ring (bicyclic) bond motifs is 5. The second-order valence-corrected chi connectivity index (χ2v) is 19.8. The van der Waals surface area contributed by atoms with Gasteiger partial charge in [-0.05, 0) is 68.1 Å². The number of amides is 4. The number of sulfonamides is 1. The predicted octanol–water partition coefficient (Wildman–Crippen LogP) is 5.62. The van der Waals surface area contributed by atoms with Crippen molar-refractivity contribution >= 4 is 44.9 Å². The maximum Gasteiger partial charge on any atom is 0.408 e. The van der Waals surface area contributed by atoms with E-state index in [0.29, 0.717) is 19.3 Å². The number of aromatic nitrogens is 2. The Morgan fingerprint density at radius 3 is 2.41 bits per heavy atom. The summed E-state index contributed by atoms with van der Waals surface area (Å²) < 4.78 is 131.